The maximum Gasteiger partial charge on any atom is 0.695 e. The molecule has 5 aliphatic rings. The van der Waals surface area contributed by atoms with Crippen molar-refractivity contribution >= 4 is 8.25 Å². The predicted molar refractivity (Wildman–Crippen MR) is 289 cm³/mol. The fourth-order valence-electron chi connectivity index (χ4n) is 11.3. The van der Waals surface area contributed by atoms with Gasteiger partial charge in [0.15, 0.2) is 0 Å². The van der Waals surface area contributed by atoms with E-state index in [1.54, 1.807) is 49.2 Å². The van der Waals surface area contributed by atoms with Gasteiger partial charge in [-0.05, 0) is 92.8 Å². The highest BCUT2D eigenvalue weighted by Crippen LogP contribution is 2.39. The number of rotatable bonds is 17. The van der Waals surface area contributed by atoms with Crippen LogP contribution in [0, 0.1) is 47.3 Å². The Morgan fingerprint density at radius 3 is 1.00 bits per heavy atom. The van der Waals surface area contributed by atoms with Crippen molar-refractivity contribution in [3.05, 3.63) is 93.0 Å². The summed E-state index contributed by atoms with van der Waals surface area (Å²) in [7, 11) is -2.66. The van der Waals surface area contributed by atoms with Crippen LogP contribution in [-0.4, -0.2) is 126 Å². The summed E-state index contributed by atoms with van der Waals surface area (Å²) >= 11 is 0. The SMILES string of the molecule is CC[C@H]1C[C@@H](Oc2ccncn2)C[C@@H]1C.CC[C@H]1C[C@@H](Oc2ccncn2)C[C@@H]1C.CC[C@H]1C[C@@H](Oc2ccncn2)C[C@@H]1O.C[C@H]1C[C@H](Oc2ccncn2)C[C@@H]1CO.O=[P+](O)O[C@H]1C[C@H](Oc2ccncn2)C[C@@H]1CO. The van der Waals surface area contributed by atoms with E-state index in [1.165, 1.54) is 57.3 Å². The van der Waals surface area contributed by atoms with Crippen LogP contribution in [0.3, 0.4) is 0 Å². The quantitative estimate of drug-likeness (QED) is 0.0633. The largest absolute Gasteiger partial charge is 0.695 e. The Labute approximate surface area is 460 Å². The average Bonchev–Trinajstić information content (AvgIpc) is 4.29. The van der Waals surface area contributed by atoms with E-state index in [4.69, 9.17) is 38.2 Å². The van der Waals surface area contributed by atoms with Crippen molar-refractivity contribution in [1.29, 1.82) is 0 Å². The van der Waals surface area contributed by atoms with E-state index >= 15 is 0 Å². The predicted octanol–water partition coefficient (Wildman–Crippen LogP) is 8.69. The van der Waals surface area contributed by atoms with Crippen molar-refractivity contribution in [3.8, 4) is 29.4 Å². The van der Waals surface area contributed by atoms with Gasteiger partial charge in [0.1, 0.15) is 68.3 Å². The second-order valence-electron chi connectivity index (χ2n) is 21.1. The third kappa shape index (κ3) is 20.5. The molecule has 0 amide bonds. The van der Waals surface area contributed by atoms with Crippen LogP contribution in [0.25, 0.3) is 0 Å². The van der Waals surface area contributed by atoms with Crippen LogP contribution in [0.4, 0.5) is 0 Å². The molecule has 426 valence electrons. The van der Waals surface area contributed by atoms with Gasteiger partial charge in [-0.2, -0.15) is 0 Å². The molecule has 0 spiro atoms. The highest BCUT2D eigenvalue weighted by atomic mass is 31.1. The maximum atomic E-state index is 10.7. The molecule has 5 aliphatic carbocycles. The molecule has 5 heterocycles. The van der Waals surface area contributed by atoms with Crippen LogP contribution in [-0.2, 0) is 9.09 Å². The van der Waals surface area contributed by atoms with E-state index in [9.17, 15) is 14.8 Å². The van der Waals surface area contributed by atoms with Crippen molar-refractivity contribution in [2.24, 2.45) is 47.3 Å². The lowest BCUT2D eigenvalue weighted by atomic mass is 9.96. The van der Waals surface area contributed by atoms with Gasteiger partial charge in [-0.25, -0.2) is 49.8 Å². The minimum absolute atomic E-state index is 0.0971. The molecule has 4 N–H and O–H groups in total. The molecule has 0 saturated heterocycles. The topological polar surface area (TPSA) is 282 Å². The first-order valence-corrected chi connectivity index (χ1v) is 28.8. The van der Waals surface area contributed by atoms with E-state index in [2.05, 4.69) is 91.4 Å². The average molecular weight is 1100 g/mol. The zero-order valence-electron chi connectivity index (χ0n) is 46.0. The van der Waals surface area contributed by atoms with Crippen LogP contribution in [0.15, 0.2) is 93.0 Å². The zero-order chi connectivity index (χ0) is 55.7. The van der Waals surface area contributed by atoms with Gasteiger partial charge in [0, 0.05) is 97.9 Å². The van der Waals surface area contributed by atoms with E-state index in [1.807, 2.05) is 12.1 Å². The Bertz CT molecular complexity index is 2140. The van der Waals surface area contributed by atoms with Gasteiger partial charge in [-0.15, -0.1) is 9.42 Å². The molecule has 1 unspecified atom stereocenters. The van der Waals surface area contributed by atoms with Crippen molar-refractivity contribution in [2.45, 2.75) is 168 Å². The second kappa shape index (κ2) is 33.0. The van der Waals surface area contributed by atoms with E-state index < -0.39 is 14.4 Å². The number of aliphatic hydroxyl groups is 3. The Balaban J connectivity index is 0.000000158. The molecule has 5 saturated carbocycles. The Kier molecular flexibility index (Phi) is 26.0. The number of hydrogen-bond acceptors (Lipinski definition) is 20. The molecule has 78 heavy (non-hydrogen) atoms. The van der Waals surface area contributed by atoms with Crippen molar-refractivity contribution < 1.29 is 53.0 Å². The summed E-state index contributed by atoms with van der Waals surface area (Å²) in [6.45, 7) is 13.6. The number of aromatic nitrogens is 10. The lowest BCUT2D eigenvalue weighted by molar-refractivity contribution is 0.105. The summed E-state index contributed by atoms with van der Waals surface area (Å²) in [4.78, 5) is 48.1. The van der Waals surface area contributed by atoms with Gasteiger partial charge in [-0.1, -0.05) is 60.8 Å². The highest BCUT2D eigenvalue weighted by molar-refractivity contribution is 7.32. The first-order chi connectivity index (χ1) is 37.9. The molecule has 5 fully saturated rings. The molecule has 10 rings (SSSR count). The minimum Gasteiger partial charge on any atom is -0.474 e. The van der Waals surface area contributed by atoms with Gasteiger partial charge in [-0.3, -0.25) is 0 Å². The van der Waals surface area contributed by atoms with Gasteiger partial charge < -0.3 is 39.0 Å². The lowest BCUT2D eigenvalue weighted by Gasteiger charge is -2.12. The molecular formula is C56H82N10O11P+. The molecule has 21 nitrogen and oxygen atoms in total. The molecular weight excluding hydrogens is 1020 g/mol. The van der Waals surface area contributed by atoms with Crippen LogP contribution >= 0.6 is 8.25 Å². The number of nitrogens with zero attached hydrogens (tertiary/aromatic N) is 10. The monoisotopic (exact) mass is 1100 g/mol. The number of ether oxygens (including phenoxy) is 5. The zero-order valence-corrected chi connectivity index (χ0v) is 46.9. The van der Waals surface area contributed by atoms with Crippen LogP contribution in [0.2, 0.25) is 0 Å². The van der Waals surface area contributed by atoms with Crippen molar-refractivity contribution in [3.63, 3.8) is 0 Å². The fraction of sp³-hybridized carbons (Fsp3) is 0.643. The standard InChI is InChI=1S/2C12H18N2O.2C11H16N2O2.C10H13N2O5P/c2*1-3-10-7-11(6-9(10)2)15-12-4-5-13-8-14-12;1-8-4-10(5-9(8)6-14)15-11-2-3-12-7-13-11;1-2-8-5-9(6-10(8)14)15-11-3-4-12-7-13-11;13-5-7-3-8(4-9(7)17-18(14)15)16-10-1-2-11-6-12-10/h2*4-5,8-11H,3,6-7H2,1-2H3;2-3,7-10,14H,4-6H2,1H3;3-4,7-10,14H,2,5-6H2,1H3;1-2,6-9,13H,3-5H2/p+1/t2*9-,10-,11-;2*8-,9+,10-;7-,8-,9+/m00001/s1. The van der Waals surface area contributed by atoms with Crippen LogP contribution in [0.1, 0.15) is 125 Å². The molecule has 0 radical (unpaired) electrons. The summed E-state index contributed by atoms with van der Waals surface area (Å²) in [6.07, 6.45) is 28.6. The third-order valence-electron chi connectivity index (χ3n) is 15.7. The summed E-state index contributed by atoms with van der Waals surface area (Å²) in [5.41, 5.74) is 0. The second-order valence-corrected chi connectivity index (χ2v) is 21.8. The molecule has 16 atom stereocenters. The summed E-state index contributed by atoms with van der Waals surface area (Å²) in [6, 6.07) is 8.78. The van der Waals surface area contributed by atoms with Crippen molar-refractivity contribution in [1.82, 2.24) is 49.8 Å². The molecule has 22 heteroatoms. The van der Waals surface area contributed by atoms with Gasteiger partial charge in [0.25, 0.3) is 0 Å². The number of hydrogen-bond donors (Lipinski definition) is 4. The van der Waals surface area contributed by atoms with E-state index in [0.29, 0.717) is 78.6 Å². The van der Waals surface area contributed by atoms with Gasteiger partial charge in [0.2, 0.25) is 29.4 Å². The smallest absolute Gasteiger partial charge is 0.474 e. The minimum atomic E-state index is -2.66. The fourth-order valence-corrected chi connectivity index (χ4v) is 11.7. The number of aliphatic hydroxyl groups excluding tert-OH is 3. The van der Waals surface area contributed by atoms with Crippen molar-refractivity contribution in [2.75, 3.05) is 13.2 Å². The van der Waals surface area contributed by atoms with Crippen LogP contribution < -0.4 is 23.7 Å². The highest BCUT2D eigenvalue weighted by Gasteiger charge is 2.41. The Hall–Kier alpha value is -5.70. The first kappa shape index (κ1) is 61.5. The lowest BCUT2D eigenvalue weighted by Crippen LogP contribution is -2.18. The molecule has 0 bridgehead atoms. The third-order valence-corrected chi connectivity index (χ3v) is 16.1. The summed E-state index contributed by atoms with van der Waals surface area (Å²) < 4.78 is 44.2. The van der Waals surface area contributed by atoms with Crippen LogP contribution in [0.5, 0.6) is 29.4 Å². The Morgan fingerprint density at radius 1 is 0.436 bits per heavy atom. The van der Waals surface area contributed by atoms with E-state index in [-0.39, 0.29) is 43.5 Å². The maximum absolute atomic E-state index is 10.7. The summed E-state index contributed by atoms with van der Waals surface area (Å²) in [5, 5.41) is 28.1. The first-order valence-electron chi connectivity index (χ1n) is 27.7. The Morgan fingerprint density at radius 2 is 0.731 bits per heavy atom. The van der Waals surface area contributed by atoms with E-state index in [0.717, 1.165) is 62.2 Å². The van der Waals surface area contributed by atoms with Gasteiger partial charge in [0.05, 0.1) is 6.10 Å². The summed E-state index contributed by atoms with van der Waals surface area (Å²) in [5.74, 6) is 7.36. The molecule has 5 aromatic heterocycles. The normalized spacial score (nSPS) is 29.9. The molecule has 0 aromatic carbocycles. The molecule has 0 aliphatic heterocycles. The molecule has 5 aromatic rings. The van der Waals surface area contributed by atoms with Gasteiger partial charge >= 0.3 is 8.25 Å².